The minimum atomic E-state index is -0.496. The van der Waals surface area contributed by atoms with E-state index in [0.717, 1.165) is 17.7 Å². The van der Waals surface area contributed by atoms with Crippen LogP contribution in [0.4, 0.5) is 0 Å². The molecule has 0 aromatic carbocycles. The first kappa shape index (κ1) is 13.2. The van der Waals surface area contributed by atoms with Crippen molar-refractivity contribution >= 4 is 18.5 Å². The molecule has 0 unspecified atom stereocenters. The number of carbonyl (C=O) groups is 2. The molecule has 0 fully saturated rings. The third-order valence-corrected chi connectivity index (χ3v) is 2.79. The zero-order valence-electron chi connectivity index (χ0n) is 10.6. The van der Waals surface area contributed by atoms with Gasteiger partial charge in [0.25, 0.3) is 0 Å². The number of ether oxygens (including phenoxy) is 1. The molecule has 0 aliphatic rings. The van der Waals surface area contributed by atoms with Gasteiger partial charge in [0.1, 0.15) is 5.69 Å². The molecule has 92 valence electrons. The molecule has 1 aromatic heterocycles. The van der Waals surface area contributed by atoms with Crippen molar-refractivity contribution in [3.05, 3.63) is 28.6 Å². The summed E-state index contributed by atoms with van der Waals surface area (Å²) in [6.07, 6.45) is 5.27. The van der Waals surface area contributed by atoms with Crippen LogP contribution in [0.15, 0.2) is 6.08 Å². The summed E-state index contributed by atoms with van der Waals surface area (Å²) < 4.78 is 6.42. The van der Waals surface area contributed by atoms with Crippen molar-refractivity contribution in [1.82, 2.24) is 4.57 Å². The molecule has 0 bridgehead atoms. The average Bonchev–Trinajstić information content (AvgIpc) is 2.58. The maximum Gasteiger partial charge on any atom is 0.355 e. The Bertz CT molecular complexity index is 469. The minimum absolute atomic E-state index is 0.294. The molecule has 0 aliphatic heterocycles. The molecule has 0 spiro atoms. The number of methoxy groups -OCH3 is 1. The molecule has 0 amide bonds. The van der Waals surface area contributed by atoms with E-state index in [0.29, 0.717) is 17.5 Å². The van der Waals surface area contributed by atoms with Gasteiger partial charge < -0.3 is 9.30 Å². The van der Waals surface area contributed by atoms with Crippen LogP contribution in [-0.4, -0.2) is 23.9 Å². The third-order valence-electron chi connectivity index (χ3n) is 2.79. The maximum absolute atomic E-state index is 11.7. The van der Waals surface area contributed by atoms with E-state index in [1.54, 1.807) is 10.8 Å². The van der Waals surface area contributed by atoms with Gasteiger partial charge in [-0.2, -0.15) is 0 Å². The predicted octanol–water partition coefficient (Wildman–Crippen LogP) is 2.58. The van der Waals surface area contributed by atoms with Crippen LogP contribution in [0, 0.1) is 13.8 Å². The molecule has 1 rings (SSSR count). The number of carbonyl (C=O) groups excluding carboxylic acids is 2. The molecule has 4 heteroatoms. The first-order chi connectivity index (χ1) is 8.08. The summed E-state index contributed by atoms with van der Waals surface area (Å²) in [4.78, 5) is 22.8. The number of aldehydes is 1. The predicted molar refractivity (Wildman–Crippen MR) is 66.3 cm³/mol. The molecule has 0 radical (unpaired) electrons. The minimum Gasteiger partial charge on any atom is -0.464 e. The number of aromatic nitrogens is 1. The zero-order valence-corrected chi connectivity index (χ0v) is 10.6. The highest BCUT2D eigenvalue weighted by Gasteiger charge is 2.22. The van der Waals surface area contributed by atoms with E-state index in [9.17, 15) is 9.59 Å². The molecule has 4 nitrogen and oxygen atoms in total. The topological polar surface area (TPSA) is 48.3 Å². The molecule has 0 saturated carbocycles. The van der Waals surface area contributed by atoms with Crippen LogP contribution in [-0.2, 0) is 4.74 Å². The Morgan fingerprint density at radius 3 is 2.53 bits per heavy atom. The van der Waals surface area contributed by atoms with Gasteiger partial charge in [0, 0.05) is 11.9 Å². The number of nitrogens with zero attached hydrogens (tertiary/aromatic N) is 1. The number of hydrogen-bond donors (Lipinski definition) is 0. The highest BCUT2D eigenvalue weighted by atomic mass is 16.5. The van der Waals surface area contributed by atoms with Crippen molar-refractivity contribution in [2.45, 2.75) is 27.2 Å². The Kier molecular flexibility index (Phi) is 4.26. The SMILES string of the molecule is CCC=Cn1c(C)c(C)c(C=O)c1C(=O)OC. The fourth-order valence-corrected chi connectivity index (χ4v) is 1.70. The standard InChI is InChI=1S/C13H17NO3/c1-5-6-7-14-10(3)9(2)11(8-15)12(14)13(16)17-4/h6-8H,5H2,1-4H3. The Labute approximate surface area is 101 Å². The monoisotopic (exact) mass is 235 g/mol. The van der Waals surface area contributed by atoms with Crippen LogP contribution >= 0.6 is 0 Å². The number of hydrogen-bond acceptors (Lipinski definition) is 3. The number of rotatable bonds is 4. The summed E-state index contributed by atoms with van der Waals surface area (Å²) >= 11 is 0. The summed E-state index contributed by atoms with van der Waals surface area (Å²) in [7, 11) is 1.31. The van der Waals surface area contributed by atoms with Crippen molar-refractivity contribution < 1.29 is 14.3 Å². The summed E-state index contributed by atoms with van der Waals surface area (Å²) in [6, 6.07) is 0. The van der Waals surface area contributed by atoms with Crippen molar-refractivity contribution in [1.29, 1.82) is 0 Å². The first-order valence-electron chi connectivity index (χ1n) is 5.49. The highest BCUT2D eigenvalue weighted by molar-refractivity contribution is 5.99. The normalized spacial score (nSPS) is 10.8. The van der Waals surface area contributed by atoms with Gasteiger partial charge in [0.2, 0.25) is 0 Å². The van der Waals surface area contributed by atoms with Crippen LogP contribution in [0.1, 0.15) is 45.4 Å². The van der Waals surface area contributed by atoms with Crippen molar-refractivity contribution in [2.75, 3.05) is 7.11 Å². The largest absolute Gasteiger partial charge is 0.464 e. The lowest BCUT2D eigenvalue weighted by Gasteiger charge is -2.04. The second-order valence-corrected chi connectivity index (χ2v) is 3.75. The molecular formula is C13H17NO3. The number of allylic oxidation sites excluding steroid dienone is 1. The number of esters is 1. The summed E-state index contributed by atoms with van der Waals surface area (Å²) in [5.74, 6) is -0.496. The van der Waals surface area contributed by atoms with Gasteiger partial charge in [0.15, 0.2) is 6.29 Å². The lowest BCUT2D eigenvalue weighted by Crippen LogP contribution is -2.10. The van der Waals surface area contributed by atoms with Crippen LogP contribution in [0.25, 0.3) is 6.20 Å². The van der Waals surface area contributed by atoms with Crippen molar-refractivity contribution in [2.24, 2.45) is 0 Å². The van der Waals surface area contributed by atoms with Gasteiger partial charge in [-0.15, -0.1) is 0 Å². The fraction of sp³-hybridized carbons (Fsp3) is 0.385. The quantitative estimate of drug-likeness (QED) is 0.595. The maximum atomic E-state index is 11.7. The second kappa shape index (κ2) is 5.48. The van der Waals surface area contributed by atoms with Gasteiger partial charge in [-0.3, -0.25) is 4.79 Å². The third kappa shape index (κ3) is 2.30. The van der Waals surface area contributed by atoms with E-state index in [-0.39, 0.29) is 0 Å². The van der Waals surface area contributed by atoms with Gasteiger partial charge >= 0.3 is 5.97 Å². The van der Waals surface area contributed by atoms with E-state index in [1.807, 2.05) is 26.8 Å². The van der Waals surface area contributed by atoms with E-state index in [1.165, 1.54) is 7.11 Å². The summed E-state index contributed by atoms with van der Waals surface area (Å²) in [5.41, 5.74) is 2.37. The van der Waals surface area contributed by atoms with E-state index >= 15 is 0 Å². The van der Waals surface area contributed by atoms with Gasteiger partial charge in [-0.25, -0.2) is 4.79 Å². The fourth-order valence-electron chi connectivity index (χ4n) is 1.70. The smallest absolute Gasteiger partial charge is 0.355 e. The first-order valence-corrected chi connectivity index (χ1v) is 5.49. The summed E-state index contributed by atoms with van der Waals surface area (Å²) in [6.45, 7) is 5.69. The van der Waals surface area contributed by atoms with Crippen LogP contribution in [0.2, 0.25) is 0 Å². The Balaban J connectivity index is 3.50. The van der Waals surface area contributed by atoms with Gasteiger partial charge in [-0.1, -0.05) is 13.0 Å². The molecule has 0 atom stereocenters. The van der Waals surface area contributed by atoms with E-state index in [2.05, 4.69) is 0 Å². The zero-order chi connectivity index (χ0) is 13.0. The van der Waals surface area contributed by atoms with Crippen LogP contribution < -0.4 is 0 Å². The lowest BCUT2D eigenvalue weighted by atomic mass is 10.1. The van der Waals surface area contributed by atoms with Gasteiger partial charge in [0.05, 0.1) is 12.7 Å². The molecular weight excluding hydrogens is 218 g/mol. The lowest BCUT2D eigenvalue weighted by molar-refractivity contribution is 0.0589. The van der Waals surface area contributed by atoms with Crippen LogP contribution in [0.3, 0.4) is 0 Å². The Morgan fingerprint density at radius 2 is 2.06 bits per heavy atom. The second-order valence-electron chi connectivity index (χ2n) is 3.75. The van der Waals surface area contributed by atoms with Crippen molar-refractivity contribution in [3.63, 3.8) is 0 Å². The summed E-state index contributed by atoms with van der Waals surface area (Å²) in [5, 5.41) is 0. The van der Waals surface area contributed by atoms with Gasteiger partial charge in [-0.05, 0) is 25.8 Å². The van der Waals surface area contributed by atoms with Crippen molar-refractivity contribution in [3.8, 4) is 0 Å². The molecule has 0 saturated heterocycles. The molecule has 0 N–H and O–H groups in total. The molecule has 17 heavy (non-hydrogen) atoms. The molecule has 1 heterocycles. The Morgan fingerprint density at radius 1 is 1.41 bits per heavy atom. The van der Waals surface area contributed by atoms with E-state index in [4.69, 9.17) is 4.74 Å². The Hall–Kier alpha value is -1.84. The highest BCUT2D eigenvalue weighted by Crippen LogP contribution is 2.21. The molecule has 1 aromatic rings. The van der Waals surface area contributed by atoms with E-state index < -0.39 is 5.97 Å². The molecule has 0 aliphatic carbocycles. The van der Waals surface area contributed by atoms with Crippen LogP contribution in [0.5, 0.6) is 0 Å². The average molecular weight is 235 g/mol.